The average molecular weight is 220 g/mol. The fourth-order valence-electron chi connectivity index (χ4n) is 3.18. The Hall–Kier alpha value is -0.920. The summed E-state index contributed by atoms with van der Waals surface area (Å²) < 4.78 is 0. The van der Waals surface area contributed by atoms with Crippen LogP contribution in [0.4, 0.5) is 0 Å². The van der Waals surface area contributed by atoms with E-state index in [9.17, 15) is 9.59 Å². The van der Waals surface area contributed by atoms with E-state index >= 15 is 0 Å². The summed E-state index contributed by atoms with van der Waals surface area (Å²) in [6, 6.07) is 0. The Morgan fingerprint density at radius 1 is 1.50 bits per heavy atom. The molecule has 0 bridgehead atoms. The maximum atomic E-state index is 11.7. The van der Waals surface area contributed by atoms with Crippen LogP contribution in [-0.4, -0.2) is 11.6 Å². The first-order valence-corrected chi connectivity index (χ1v) is 6.17. The minimum atomic E-state index is 0.223. The van der Waals surface area contributed by atoms with Crippen LogP contribution in [0.15, 0.2) is 11.6 Å². The smallest absolute Gasteiger partial charge is 0.159 e. The predicted octanol–water partition coefficient (Wildman–Crippen LogP) is 2.92. The summed E-state index contributed by atoms with van der Waals surface area (Å²) >= 11 is 0. The van der Waals surface area contributed by atoms with Crippen molar-refractivity contribution in [1.82, 2.24) is 0 Å². The lowest BCUT2D eigenvalue weighted by atomic mass is 10.0. The molecule has 0 N–H and O–H groups in total. The van der Waals surface area contributed by atoms with E-state index in [4.69, 9.17) is 0 Å². The molecule has 0 spiro atoms. The zero-order valence-corrected chi connectivity index (χ0v) is 10.4. The van der Waals surface area contributed by atoms with E-state index in [1.165, 1.54) is 0 Å². The van der Waals surface area contributed by atoms with Gasteiger partial charge < -0.3 is 4.79 Å². The first-order chi connectivity index (χ1) is 7.44. The van der Waals surface area contributed by atoms with Crippen LogP contribution in [0.5, 0.6) is 0 Å². The number of allylic oxidation sites excluding steroid dienone is 2. The van der Waals surface area contributed by atoms with Gasteiger partial charge in [0.2, 0.25) is 0 Å². The summed E-state index contributed by atoms with van der Waals surface area (Å²) in [4.78, 5) is 22.7. The highest BCUT2D eigenvalue weighted by molar-refractivity contribution is 5.98. The van der Waals surface area contributed by atoms with E-state index in [0.717, 1.165) is 18.4 Å². The van der Waals surface area contributed by atoms with Gasteiger partial charge >= 0.3 is 0 Å². The van der Waals surface area contributed by atoms with Gasteiger partial charge in [-0.25, -0.2) is 0 Å². The third-order valence-electron chi connectivity index (χ3n) is 4.25. The zero-order valence-electron chi connectivity index (χ0n) is 10.4. The van der Waals surface area contributed by atoms with Crippen molar-refractivity contribution >= 4 is 11.6 Å². The molecule has 0 radical (unpaired) electrons. The third kappa shape index (κ3) is 1.85. The van der Waals surface area contributed by atoms with Gasteiger partial charge in [0.25, 0.3) is 0 Å². The van der Waals surface area contributed by atoms with Crippen molar-refractivity contribution in [2.24, 2.45) is 17.3 Å². The highest BCUT2D eigenvalue weighted by Gasteiger charge is 2.59. The quantitative estimate of drug-likeness (QED) is 0.730. The van der Waals surface area contributed by atoms with Gasteiger partial charge in [-0.3, -0.25) is 4.79 Å². The van der Waals surface area contributed by atoms with Gasteiger partial charge in [0.15, 0.2) is 5.78 Å². The van der Waals surface area contributed by atoms with E-state index < -0.39 is 0 Å². The monoisotopic (exact) mass is 220 g/mol. The topological polar surface area (TPSA) is 34.1 Å². The third-order valence-corrected chi connectivity index (χ3v) is 4.25. The first-order valence-electron chi connectivity index (χ1n) is 6.17. The molecule has 16 heavy (non-hydrogen) atoms. The van der Waals surface area contributed by atoms with Gasteiger partial charge in [0.1, 0.15) is 5.78 Å². The molecule has 2 heteroatoms. The van der Waals surface area contributed by atoms with E-state index in [1.54, 1.807) is 6.92 Å². The van der Waals surface area contributed by atoms with Crippen molar-refractivity contribution in [3.8, 4) is 0 Å². The Bertz CT molecular complexity index is 363. The number of hydrogen-bond acceptors (Lipinski definition) is 2. The lowest BCUT2D eigenvalue weighted by Gasteiger charge is -2.01. The molecule has 88 valence electrons. The summed E-state index contributed by atoms with van der Waals surface area (Å²) in [6.07, 6.45) is 5.33. The summed E-state index contributed by atoms with van der Waals surface area (Å²) in [5.41, 5.74) is 1.28. The van der Waals surface area contributed by atoms with Crippen LogP contribution < -0.4 is 0 Å². The zero-order chi connectivity index (χ0) is 11.9. The molecule has 0 amide bonds. The van der Waals surface area contributed by atoms with Crippen LogP contribution in [0.25, 0.3) is 0 Å². The number of carbonyl (C=O) groups excluding carboxylic acids is 2. The first kappa shape index (κ1) is 11.6. The molecule has 2 nitrogen and oxygen atoms in total. The molecule has 0 heterocycles. The molecule has 2 rings (SSSR count). The van der Waals surface area contributed by atoms with Crippen LogP contribution >= 0.6 is 0 Å². The predicted molar refractivity (Wildman–Crippen MR) is 63.0 cm³/mol. The number of carbonyl (C=O) groups is 2. The molecule has 0 unspecified atom stereocenters. The minimum Gasteiger partial charge on any atom is -0.300 e. The van der Waals surface area contributed by atoms with Crippen molar-refractivity contribution < 1.29 is 9.59 Å². The molecular formula is C14H20O2. The average Bonchev–Trinajstić information content (AvgIpc) is 2.53. The second kappa shape index (κ2) is 3.83. The van der Waals surface area contributed by atoms with E-state index in [0.29, 0.717) is 30.5 Å². The number of ketones is 2. The molecule has 0 aromatic carbocycles. The van der Waals surface area contributed by atoms with Gasteiger partial charge in [0.05, 0.1) is 0 Å². The Labute approximate surface area is 97.1 Å². The van der Waals surface area contributed by atoms with E-state index in [2.05, 4.69) is 19.9 Å². The molecular weight excluding hydrogens is 200 g/mol. The van der Waals surface area contributed by atoms with Crippen molar-refractivity contribution in [3.05, 3.63) is 11.6 Å². The highest BCUT2D eigenvalue weighted by atomic mass is 16.1. The Morgan fingerprint density at radius 2 is 2.19 bits per heavy atom. The van der Waals surface area contributed by atoms with Gasteiger partial charge in [-0.15, -0.1) is 0 Å². The maximum absolute atomic E-state index is 11.7. The maximum Gasteiger partial charge on any atom is 0.159 e. The summed E-state index contributed by atoms with van der Waals surface area (Å²) in [7, 11) is 0. The van der Waals surface area contributed by atoms with Gasteiger partial charge in [-0.1, -0.05) is 19.9 Å². The Kier molecular flexibility index (Phi) is 2.77. The van der Waals surface area contributed by atoms with Gasteiger partial charge in [0, 0.05) is 12.8 Å². The molecule has 0 aliphatic heterocycles. The van der Waals surface area contributed by atoms with Crippen LogP contribution in [0, 0.1) is 17.3 Å². The second-order valence-corrected chi connectivity index (χ2v) is 5.77. The summed E-state index contributed by atoms with van der Waals surface area (Å²) in [5, 5.41) is 0. The van der Waals surface area contributed by atoms with Crippen LogP contribution in [0.2, 0.25) is 0 Å². The highest BCUT2D eigenvalue weighted by Crippen LogP contribution is 2.64. The summed E-state index contributed by atoms with van der Waals surface area (Å²) in [6.45, 7) is 6.08. The van der Waals surface area contributed by atoms with Gasteiger partial charge in [-0.2, -0.15) is 0 Å². The Morgan fingerprint density at radius 3 is 2.69 bits per heavy atom. The van der Waals surface area contributed by atoms with Gasteiger partial charge in [-0.05, 0) is 42.6 Å². The van der Waals surface area contributed by atoms with E-state index in [1.807, 2.05) is 0 Å². The standard InChI is InChI=1S/C14H20O2/c1-9(15)7-8-11-13(14(11,2)3)10-5-4-6-12(10)16/h5,11,13H,4,6-8H2,1-3H3/t11-,13+/m0/s1. The molecule has 0 saturated heterocycles. The second-order valence-electron chi connectivity index (χ2n) is 5.77. The lowest BCUT2D eigenvalue weighted by Crippen LogP contribution is -2.01. The van der Waals surface area contributed by atoms with Crippen LogP contribution in [0.3, 0.4) is 0 Å². The molecule has 0 aromatic rings. The van der Waals surface area contributed by atoms with Crippen molar-refractivity contribution in [2.75, 3.05) is 0 Å². The molecule has 1 fully saturated rings. The van der Waals surface area contributed by atoms with Crippen LogP contribution in [0.1, 0.15) is 46.5 Å². The SMILES string of the molecule is CC(=O)CC[C@H]1[C@@H](C2=CCCC2=O)C1(C)C. The fourth-order valence-corrected chi connectivity index (χ4v) is 3.18. The fraction of sp³-hybridized carbons (Fsp3) is 0.714. The molecule has 2 aliphatic rings. The Balaban J connectivity index is 2.02. The number of hydrogen-bond donors (Lipinski definition) is 0. The lowest BCUT2D eigenvalue weighted by molar-refractivity contribution is -0.117. The molecule has 0 aromatic heterocycles. The molecule has 2 aliphatic carbocycles. The number of Topliss-reactive ketones (excluding diaryl/α,β-unsaturated/α-hetero) is 2. The number of rotatable bonds is 4. The van der Waals surface area contributed by atoms with Crippen molar-refractivity contribution in [1.29, 1.82) is 0 Å². The molecule has 1 saturated carbocycles. The summed E-state index contributed by atoms with van der Waals surface area (Å²) in [5.74, 6) is 1.54. The van der Waals surface area contributed by atoms with Crippen LogP contribution in [-0.2, 0) is 9.59 Å². The van der Waals surface area contributed by atoms with Crippen molar-refractivity contribution in [3.63, 3.8) is 0 Å². The van der Waals surface area contributed by atoms with E-state index in [-0.39, 0.29) is 11.2 Å². The van der Waals surface area contributed by atoms with Crippen molar-refractivity contribution in [2.45, 2.75) is 46.5 Å². The normalized spacial score (nSPS) is 31.4. The minimum absolute atomic E-state index is 0.223. The molecule has 2 atom stereocenters. The largest absolute Gasteiger partial charge is 0.300 e.